The van der Waals surface area contributed by atoms with Crippen LogP contribution in [0.2, 0.25) is 0 Å². The van der Waals surface area contributed by atoms with E-state index >= 15 is 0 Å². The van der Waals surface area contributed by atoms with E-state index in [0.717, 1.165) is 16.7 Å². The molecule has 0 radical (unpaired) electrons. The Kier molecular flexibility index (Phi) is 5.26. The van der Waals surface area contributed by atoms with E-state index in [1.807, 2.05) is 25.1 Å². The Morgan fingerprint density at radius 1 is 1.17 bits per heavy atom. The van der Waals surface area contributed by atoms with Crippen LogP contribution in [0, 0.1) is 6.92 Å². The average Bonchev–Trinajstić information content (AvgIpc) is 2.56. The molecule has 0 bridgehead atoms. The van der Waals surface area contributed by atoms with E-state index < -0.39 is 22.0 Å². The summed E-state index contributed by atoms with van der Waals surface area (Å²) >= 11 is 0. The number of methoxy groups -OCH3 is 1. The minimum atomic E-state index is -3.81. The van der Waals surface area contributed by atoms with Gasteiger partial charge in [-0.25, -0.2) is 8.42 Å². The average molecular weight is 348 g/mol. The minimum Gasteiger partial charge on any atom is -0.468 e. The van der Waals surface area contributed by atoms with Gasteiger partial charge in [-0.3, -0.25) is 4.79 Å². The van der Waals surface area contributed by atoms with Crippen molar-refractivity contribution in [1.82, 2.24) is 4.72 Å². The molecule has 2 rings (SSSR count). The van der Waals surface area contributed by atoms with Gasteiger partial charge in [0.25, 0.3) is 0 Å². The lowest BCUT2D eigenvalue weighted by Crippen LogP contribution is -2.39. The lowest BCUT2D eigenvalue weighted by Gasteiger charge is -2.13. The molecule has 2 aromatic rings. The largest absolute Gasteiger partial charge is 0.468 e. The zero-order valence-electron chi connectivity index (χ0n) is 13.7. The molecule has 128 valence electrons. The van der Waals surface area contributed by atoms with Crippen molar-refractivity contribution in [2.45, 2.75) is 24.8 Å². The smallest absolute Gasteiger partial charge is 0.323 e. The van der Waals surface area contributed by atoms with Crippen LogP contribution in [0.4, 0.5) is 5.69 Å². The first-order valence-corrected chi connectivity index (χ1v) is 8.79. The molecule has 0 aliphatic rings. The van der Waals surface area contributed by atoms with E-state index in [2.05, 4.69) is 9.46 Å². The summed E-state index contributed by atoms with van der Waals surface area (Å²) in [6.07, 6.45) is 0. The molecule has 0 fully saturated rings. The van der Waals surface area contributed by atoms with Gasteiger partial charge in [-0.2, -0.15) is 4.72 Å². The van der Waals surface area contributed by atoms with Gasteiger partial charge >= 0.3 is 5.97 Å². The number of hydrogen-bond acceptors (Lipinski definition) is 5. The summed E-state index contributed by atoms with van der Waals surface area (Å²) in [7, 11) is -2.60. The highest BCUT2D eigenvalue weighted by atomic mass is 32.2. The summed E-state index contributed by atoms with van der Waals surface area (Å²) in [5.41, 5.74) is 9.29. The summed E-state index contributed by atoms with van der Waals surface area (Å²) < 4.78 is 31.4. The second-order valence-corrected chi connectivity index (χ2v) is 7.18. The van der Waals surface area contributed by atoms with Gasteiger partial charge in [0.05, 0.1) is 12.0 Å². The highest BCUT2D eigenvalue weighted by Gasteiger charge is 2.22. The van der Waals surface area contributed by atoms with Crippen molar-refractivity contribution >= 4 is 21.7 Å². The third-order valence-corrected chi connectivity index (χ3v) is 5.18. The van der Waals surface area contributed by atoms with E-state index in [0.29, 0.717) is 5.69 Å². The number of benzene rings is 2. The van der Waals surface area contributed by atoms with Gasteiger partial charge in [0, 0.05) is 5.69 Å². The molecule has 24 heavy (non-hydrogen) atoms. The fraction of sp³-hybridized carbons (Fsp3) is 0.235. The molecule has 0 aliphatic carbocycles. The standard InChI is InChI=1S/C17H20N2O4S/c1-11-4-7-14(18)10-16(11)13-5-8-15(9-6-13)24(21,22)19-12(2)17(20)23-3/h4-10,12,19H,18H2,1-3H3. The number of esters is 1. The van der Waals surface area contributed by atoms with E-state index in [-0.39, 0.29) is 4.90 Å². The lowest BCUT2D eigenvalue weighted by atomic mass is 10.0. The highest BCUT2D eigenvalue weighted by molar-refractivity contribution is 7.89. The maximum absolute atomic E-state index is 12.3. The number of anilines is 1. The van der Waals surface area contributed by atoms with Gasteiger partial charge in [-0.15, -0.1) is 0 Å². The first kappa shape index (κ1) is 18.0. The third-order valence-electron chi connectivity index (χ3n) is 3.62. The van der Waals surface area contributed by atoms with Gasteiger partial charge in [-0.05, 0) is 54.8 Å². The molecule has 1 unspecified atom stereocenters. The third kappa shape index (κ3) is 3.93. The lowest BCUT2D eigenvalue weighted by molar-refractivity contribution is -0.142. The number of aryl methyl sites for hydroxylation is 1. The Hall–Kier alpha value is -2.38. The van der Waals surface area contributed by atoms with Gasteiger partial charge in [0.1, 0.15) is 6.04 Å². The Morgan fingerprint density at radius 2 is 1.79 bits per heavy atom. The summed E-state index contributed by atoms with van der Waals surface area (Å²) in [5.74, 6) is -0.648. The number of hydrogen-bond donors (Lipinski definition) is 2. The number of rotatable bonds is 5. The molecular formula is C17H20N2O4S. The van der Waals surface area contributed by atoms with Crippen molar-refractivity contribution in [2.24, 2.45) is 0 Å². The van der Waals surface area contributed by atoms with Crippen molar-refractivity contribution in [1.29, 1.82) is 0 Å². The molecule has 3 N–H and O–H groups in total. The maximum Gasteiger partial charge on any atom is 0.323 e. The van der Waals surface area contributed by atoms with Gasteiger partial charge in [0.15, 0.2) is 0 Å². The molecule has 0 saturated heterocycles. The van der Waals surface area contributed by atoms with E-state index in [9.17, 15) is 13.2 Å². The Bertz CT molecular complexity index is 845. The Morgan fingerprint density at radius 3 is 2.38 bits per heavy atom. The molecule has 7 heteroatoms. The van der Waals surface area contributed by atoms with Crippen molar-refractivity contribution in [2.75, 3.05) is 12.8 Å². The number of carbonyl (C=O) groups is 1. The first-order valence-electron chi connectivity index (χ1n) is 7.31. The fourth-order valence-electron chi connectivity index (χ4n) is 2.29. The van der Waals surface area contributed by atoms with Crippen molar-refractivity contribution in [3.63, 3.8) is 0 Å². The molecule has 0 saturated carbocycles. The maximum atomic E-state index is 12.3. The van der Waals surface area contributed by atoms with E-state index in [1.165, 1.54) is 26.2 Å². The number of nitrogens with two attached hydrogens (primary N) is 1. The molecule has 0 aliphatic heterocycles. The predicted octanol–water partition coefficient (Wildman–Crippen LogP) is 2.08. The van der Waals surface area contributed by atoms with Crippen molar-refractivity contribution in [3.8, 4) is 11.1 Å². The minimum absolute atomic E-state index is 0.0727. The van der Waals surface area contributed by atoms with Gasteiger partial charge < -0.3 is 10.5 Å². The second kappa shape index (κ2) is 7.02. The molecule has 0 heterocycles. The Balaban J connectivity index is 2.28. The van der Waals surface area contributed by atoms with Crippen LogP contribution in [0.1, 0.15) is 12.5 Å². The number of nitrogen functional groups attached to an aromatic ring is 1. The van der Waals surface area contributed by atoms with E-state index in [4.69, 9.17) is 5.73 Å². The first-order chi connectivity index (χ1) is 11.2. The molecule has 6 nitrogen and oxygen atoms in total. The van der Waals surface area contributed by atoms with Crippen LogP contribution >= 0.6 is 0 Å². The number of ether oxygens (including phenoxy) is 1. The normalized spacial score (nSPS) is 12.6. The summed E-state index contributed by atoms with van der Waals surface area (Å²) in [4.78, 5) is 11.4. The topological polar surface area (TPSA) is 98.5 Å². The fourth-order valence-corrected chi connectivity index (χ4v) is 3.48. The van der Waals surface area contributed by atoms with Crippen LogP contribution in [0.25, 0.3) is 11.1 Å². The molecule has 0 amide bonds. The molecule has 1 atom stereocenters. The molecule has 2 aromatic carbocycles. The van der Waals surface area contributed by atoms with Crippen molar-refractivity contribution in [3.05, 3.63) is 48.0 Å². The summed E-state index contributed by atoms with van der Waals surface area (Å²) in [6.45, 7) is 3.38. The molecule has 0 spiro atoms. The number of nitrogens with one attached hydrogen (secondary N) is 1. The van der Waals surface area contributed by atoms with Crippen LogP contribution in [0.15, 0.2) is 47.4 Å². The quantitative estimate of drug-likeness (QED) is 0.637. The van der Waals surface area contributed by atoms with Crippen molar-refractivity contribution < 1.29 is 17.9 Å². The monoisotopic (exact) mass is 348 g/mol. The van der Waals surface area contributed by atoms with E-state index in [1.54, 1.807) is 12.1 Å². The highest BCUT2D eigenvalue weighted by Crippen LogP contribution is 2.26. The van der Waals surface area contributed by atoms with Crippen LogP contribution < -0.4 is 10.5 Å². The Labute approximate surface area is 141 Å². The van der Waals surface area contributed by atoms with Gasteiger partial charge in [0.2, 0.25) is 10.0 Å². The van der Waals surface area contributed by atoms with Crippen LogP contribution in [-0.2, 0) is 19.6 Å². The summed E-state index contributed by atoms with van der Waals surface area (Å²) in [6, 6.07) is 11.0. The second-order valence-electron chi connectivity index (χ2n) is 5.46. The molecule has 0 aromatic heterocycles. The summed E-state index contributed by atoms with van der Waals surface area (Å²) in [5, 5.41) is 0. The van der Waals surface area contributed by atoms with Gasteiger partial charge in [-0.1, -0.05) is 18.2 Å². The SMILES string of the molecule is COC(=O)C(C)NS(=O)(=O)c1ccc(-c2cc(N)ccc2C)cc1. The molecular weight excluding hydrogens is 328 g/mol. The zero-order chi connectivity index (χ0) is 17.9. The zero-order valence-corrected chi connectivity index (χ0v) is 14.6. The predicted molar refractivity (Wildman–Crippen MR) is 92.8 cm³/mol. The van der Waals surface area contributed by atoms with Crippen LogP contribution in [0.3, 0.4) is 0 Å². The van der Waals surface area contributed by atoms with Crippen LogP contribution in [-0.4, -0.2) is 27.5 Å². The van der Waals surface area contributed by atoms with Crippen LogP contribution in [0.5, 0.6) is 0 Å². The number of sulfonamides is 1. The number of carbonyl (C=O) groups excluding carboxylic acids is 1.